The molecule has 1 aromatic rings. The number of carboxylic acids is 1. The fraction of sp³-hybridized carbons (Fsp3) is 0.533. The maximum atomic E-state index is 11.0. The zero-order chi connectivity index (χ0) is 14.5. The van der Waals surface area contributed by atoms with Crippen molar-refractivity contribution in [2.24, 2.45) is 5.41 Å². The highest BCUT2D eigenvalue weighted by molar-refractivity contribution is 5.89. The normalized spacial score (nSPS) is 11.4. The molecular formula is C15H23NO3. The smallest absolute Gasteiger partial charge is 0.335 e. The first-order valence-corrected chi connectivity index (χ1v) is 6.66. The molecule has 0 saturated heterocycles. The number of rotatable bonds is 7. The molecule has 4 nitrogen and oxygen atoms in total. The van der Waals surface area contributed by atoms with Gasteiger partial charge in [0.2, 0.25) is 0 Å². The number of aliphatic hydroxyl groups is 1. The lowest BCUT2D eigenvalue weighted by Gasteiger charge is -2.30. The van der Waals surface area contributed by atoms with Gasteiger partial charge in [-0.2, -0.15) is 0 Å². The third-order valence-corrected chi connectivity index (χ3v) is 3.97. The number of carbonyl (C=O) groups is 1. The molecule has 0 heterocycles. The van der Waals surface area contributed by atoms with Crippen molar-refractivity contribution in [3.8, 4) is 0 Å². The first-order valence-electron chi connectivity index (χ1n) is 6.66. The van der Waals surface area contributed by atoms with Crippen molar-refractivity contribution in [2.45, 2.75) is 33.6 Å². The van der Waals surface area contributed by atoms with E-state index >= 15 is 0 Å². The predicted octanol–water partition coefficient (Wildman–Crippen LogP) is 2.90. The minimum absolute atomic E-state index is 0.130. The number of aromatic carboxylic acids is 1. The van der Waals surface area contributed by atoms with Gasteiger partial charge in [0.1, 0.15) is 0 Å². The highest BCUT2D eigenvalue weighted by atomic mass is 16.4. The average Bonchev–Trinajstić information content (AvgIpc) is 2.42. The van der Waals surface area contributed by atoms with Crippen LogP contribution in [0.5, 0.6) is 0 Å². The Labute approximate surface area is 114 Å². The summed E-state index contributed by atoms with van der Waals surface area (Å²) in [6.07, 6.45) is 1.76. The highest BCUT2D eigenvalue weighted by Crippen LogP contribution is 2.27. The molecule has 0 radical (unpaired) electrons. The molecule has 0 bridgehead atoms. The number of nitrogens with one attached hydrogen (secondary N) is 1. The molecule has 0 aliphatic rings. The number of aliphatic hydroxyl groups excluding tert-OH is 1. The molecule has 0 saturated carbocycles. The summed E-state index contributed by atoms with van der Waals surface area (Å²) in [7, 11) is 0. The first-order chi connectivity index (χ1) is 8.98. The maximum Gasteiger partial charge on any atom is 0.335 e. The lowest BCUT2D eigenvalue weighted by Crippen LogP contribution is -2.32. The summed E-state index contributed by atoms with van der Waals surface area (Å²) in [6, 6.07) is 5.04. The van der Waals surface area contributed by atoms with Crippen LogP contribution in [0, 0.1) is 12.3 Å². The van der Waals surface area contributed by atoms with E-state index in [1.807, 2.05) is 6.92 Å². The molecule has 0 aliphatic heterocycles. The fourth-order valence-corrected chi connectivity index (χ4v) is 2.01. The second kappa shape index (κ2) is 6.57. The average molecular weight is 265 g/mol. The van der Waals surface area contributed by atoms with Crippen molar-refractivity contribution in [3.05, 3.63) is 29.3 Å². The van der Waals surface area contributed by atoms with Crippen molar-refractivity contribution in [3.63, 3.8) is 0 Å². The molecule has 106 valence electrons. The van der Waals surface area contributed by atoms with Gasteiger partial charge in [-0.3, -0.25) is 0 Å². The molecule has 19 heavy (non-hydrogen) atoms. The Kier molecular flexibility index (Phi) is 5.36. The van der Waals surface area contributed by atoms with Crippen LogP contribution in [0.4, 0.5) is 5.69 Å². The van der Waals surface area contributed by atoms with E-state index in [-0.39, 0.29) is 17.6 Å². The minimum atomic E-state index is -0.928. The van der Waals surface area contributed by atoms with E-state index in [0.717, 1.165) is 24.1 Å². The Morgan fingerprint density at radius 3 is 2.42 bits per heavy atom. The zero-order valence-electron chi connectivity index (χ0n) is 11.9. The molecule has 0 unspecified atom stereocenters. The Morgan fingerprint density at radius 1 is 1.32 bits per heavy atom. The lowest BCUT2D eigenvalue weighted by atomic mass is 9.83. The van der Waals surface area contributed by atoms with Gasteiger partial charge >= 0.3 is 5.97 Å². The largest absolute Gasteiger partial charge is 0.478 e. The number of aryl methyl sites for hydroxylation is 1. The van der Waals surface area contributed by atoms with E-state index in [0.29, 0.717) is 6.54 Å². The molecule has 3 N–H and O–H groups in total. The van der Waals surface area contributed by atoms with E-state index in [9.17, 15) is 9.90 Å². The van der Waals surface area contributed by atoms with E-state index in [1.54, 1.807) is 18.2 Å². The van der Waals surface area contributed by atoms with Gasteiger partial charge < -0.3 is 15.5 Å². The summed E-state index contributed by atoms with van der Waals surface area (Å²) in [6.45, 7) is 6.82. The van der Waals surface area contributed by atoms with Crippen molar-refractivity contribution in [2.75, 3.05) is 18.5 Å². The Hall–Kier alpha value is -1.55. The van der Waals surface area contributed by atoms with E-state index in [1.165, 1.54) is 0 Å². The monoisotopic (exact) mass is 265 g/mol. The van der Waals surface area contributed by atoms with Gasteiger partial charge in [-0.15, -0.1) is 0 Å². The zero-order valence-corrected chi connectivity index (χ0v) is 11.9. The van der Waals surface area contributed by atoms with E-state index in [2.05, 4.69) is 19.2 Å². The van der Waals surface area contributed by atoms with Gasteiger partial charge in [-0.05, 0) is 37.5 Å². The van der Waals surface area contributed by atoms with Gasteiger partial charge in [-0.1, -0.05) is 19.9 Å². The molecule has 1 rings (SSSR count). The van der Waals surface area contributed by atoms with E-state index in [4.69, 9.17) is 5.11 Å². The highest BCUT2D eigenvalue weighted by Gasteiger charge is 2.25. The summed E-state index contributed by atoms with van der Waals surface area (Å²) in [5.41, 5.74) is 1.95. The second-order valence-corrected chi connectivity index (χ2v) is 5.05. The standard InChI is InChI=1S/C15H23NO3/c1-4-15(5-2,10-17)9-16-13-8-12(14(18)19)7-6-11(13)3/h6-8,16-17H,4-5,9-10H2,1-3H3,(H,18,19). The van der Waals surface area contributed by atoms with Crippen molar-refractivity contribution >= 4 is 11.7 Å². The van der Waals surface area contributed by atoms with Crippen LogP contribution >= 0.6 is 0 Å². The molecule has 0 atom stereocenters. The van der Waals surface area contributed by atoms with Crippen LogP contribution in [-0.2, 0) is 0 Å². The maximum absolute atomic E-state index is 11.0. The van der Waals surface area contributed by atoms with Crippen molar-refractivity contribution in [1.82, 2.24) is 0 Å². The molecule has 0 aromatic heterocycles. The molecule has 0 fully saturated rings. The topological polar surface area (TPSA) is 69.6 Å². The van der Waals surface area contributed by atoms with Gasteiger partial charge in [-0.25, -0.2) is 4.79 Å². The van der Waals surface area contributed by atoms with Gasteiger partial charge in [0.05, 0.1) is 12.2 Å². The van der Waals surface area contributed by atoms with Crippen LogP contribution in [-0.4, -0.2) is 29.3 Å². The van der Waals surface area contributed by atoms with Gasteiger partial charge in [0, 0.05) is 17.6 Å². The Morgan fingerprint density at radius 2 is 1.95 bits per heavy atom. The van der Waals surface area contributed by atoms with Crippen LogP contribution in [0.3, 0.4) is 0 Å². The number of hydrogen-bond donors (Lipinski definition) is 3. The Bertz CT molecular complexity index is 431. The summed E-state index contributed by atoms with van der Waals surface area (Å²) in [5.74, 6) is -0.928. The quantitative estimate of drug-likeness (QED) is 0.709. The summed E-state index contributed by atoms with van der Waals surface area (Å²) in [5, 5.41) is 21.8. The molecule has 1 aromatic carbocycles. The summed E-state index contributed by atoms with van der Waals surface area (Å²) < 4.78 is 0. The molecular weight excluding hydrogens is 242 g/mol. The van der Waals surface area contributed by atoms with Crippen molar-refractivity contribution < 1.29 is 15.0 Å². The van der Waals surface area contributed by atoms with Gasteiger partial charge in [0.15, 0.2) is 0 Å². The number of benzene rings is 1. The molecule has 0 aliphatic carbocycles. The van der Waals surface area contributed by atoms with Crippen molar-refractivity contribution in [1.29, 1.82) is 0 Å². The SMILES string of the molecule is CCC(CC)(CO)CNc1cc(C(=O)O)ccc1C. The van der Waals surface area contributed by atoms with Crippen LogP contribution in [0.1, 0.15) is 42.6 Å². The molecule has 0 amide bonds. The minimum Gasteiger partial charge on any atom is -0.478 e. The van der Waals surface area contributed by atoms with Gasteiger partial charge in [0.25, 0.3) is 0 Å². The number of carboxylic acid groups (broad SMARTS) is 1. The first kappa shape index (κ1) is 15.5. The summed E-state index contributed by atoms with van der Waals surface area (Å²) >= 11 is 0. The third-order valence-electron chi connectivity index (χ3n) is 3.97. The van der Waals surface area contributed by atoms with Crippen LogP contribution in [0.15, 0.2) is 18.2 Å². The van der Waals surface area contributed by atoms with Crippen LogP contribution in [0.2, 0.25) is 0 Å². The summed E-state index contributed by atoms with van der Waals surface area (Å²) in [4.78, 5) is 11.0. The van der Waals surface area contributed by atoms with Crippen LogP contribution < -0.4 is 5.32 Å². The van der Waals surface area contributed by atoms with Crippen LogP contribution in [0.25, 0.3) is 0 Å². The fourth-order valence-electron chi connectivity index (χ4n) is 2.01. The predicted molar refractivity (Wildman–Crippen MR) is 76.7 cm³/mol. The Balaban J connectivity index is 2.87. The second-order valence-electron chi connectivity index (χ2n) is 5.05. The number of anilines is 1. The van der Waals surface area contributed by atoms with E-state index < -0.39 is 5.97 Å². The molecule has 4 heteroatoms. The number of hydrogen-bond acceptors (Lipinski definition) is 3. The third kappa shape index (κ3) is 3.70. The lowest BCUT2D eigenvalue weighted by molar-refractivity contribution is 0.0697. The molecule has 0 spiro atoms.